The highest BCUT2D eigenvalue weighted by Crippen LogP contribution is 2.16. The Labute approximate surface area is 126 Å². The summed E-state index contributed by atoms with van der Waals surface area (Å²) in [6.07, 6.45) is 0. The number of carbonyl (C=O) groups excluding carboxylic acids is 1. The second-order valence-corrected chi connectivity index (χ2v) is 5.06. The molecule has 2 aromatic carbocycles. The Bertz CT molecular complexity index is 588. The molecule has 3 heteroatoms. The summed E-state index contributed by atoms with van der Waals surface area (Å²) in [4.78, 5) is 12.2. The number of amides is 1. The van der Waals surface area contributed by atoms with E-state index in [4.69, 9.17) is 4.74 Å². The Morgan fingerprint density at radius 1 is 1.10 bits per heavy atom. The molecule has 0 aliphatic heterocycles. The topological polar surface area (TPSA) is 38.3 Å². The number of benzene rings is 2. The molecule has 0 radical (unpaired) electrons. The lowest BCUT2D eigenvalue weighted by molar-refractivity contribution is 0.0940. The van der Waals surface area contributed by atoms with Crippen molar-refractivity contribution >= 4 is 5.91 Å². The van der Waals surface area contributed by atoms with Crippen LogP contribution in [0, 0.1) is 6.92 Å². The SMILES string of the molecule is CCOc1ccc(C(=O)N[C@H](C)c2ccc(C)cc2)cc1. The van der Waals surface area contributed by atoms with Crippen LogP contribution in [0.4, 0.5) is 0 Å². The van der Waals surface area contributed by atoms with Crippen molar-refractivity contribution in [2.45, 2.75) is 26.8 Å². The molecule has 1 N–H and O–H groups in total. The van der Waals surface area contributed by atoms with E-state index in [0.717, 1.165) is 11.3 Å². The fraction of sp³-hybridized carbons (Fsp3) is 0.278. The molecule has 110 valence electrons. The minimum atomic E-state index is -0.0777. The van der Waals surface area contributed by atoms with Gasteiger partial charge in [0.05, 0.1) is 12.6 Å². The predicted molar refractivity (Wildman–Crippen MR) is 84.7 cm³/mol. The molecule has 3 nitrogen and oxygen atoms in total. The highest BCUT2D eigenvalue weighted by molar-refractivity contribution is 5.94. The van der Waals surface area contributed by atoms with Gasteiger partial charge in [-0.05, 0) is 50.6 Å². The molecule has 1 atom stereocenters. The van der Waals surface area contributed by atoms with Crippen molar-refractivity contribution in [1.82, 2.24) is 5.32 Å². The molecule has 2 aromatic rings. The molecule has 0 aliphatic rings. The first-order valence-corrected chi connectivity index (χ1v) is 7.20. The van der Waals surface area contributed by atoms with E-state index < -0.39 is 0 Å². The van der Waals surface area contributed by atoms with Gasteiger partial charge in [0.1, 0.15) is 5.75 Å². The van der Waals surface area contributed by atoms with Crippen LogP contribution in [0.15, 0.2) is 48.5 Å². The number of carbonyl (C=O) groups is 1. The second kappa shape index (κ2) is 6.93. The maximum atomic E-state index is 12.2. The molecule has 0 heterocycles. The smallest absolute Gasteiger partial charge is 0.251 e. The number of ether oxygens (including phenoxy) is 1. The van der Waals surface area contributed by atoms with E-state index in [1.165, 1.54) is 5.56 Å². The van der Waals surface area contributed by atoms with Gasteiger partial charge in [-0.1, -0.05) is 29.8 Å². The van der Waals surface area contributed by atoms with Crippen LogP contribution in [0.2, 0.25) is 0 Å². The Kier molecular flexibility index (Phi) is 4.99. The normalized spacial score (nSPS) is 11.8. The molecule has 0 spiro atoms. The van der Waals surface area contributed by atoms with Crippen molar-refractivity contribution in [3.05, 3.63) is 65.2 Å². The molecule has 0 fully saturated rings. The standard InChI is InChI=1S/C18H21NO2/c1-4-21-17-11-9-16(10-12-17)18(20)19-14(3)15-7-5-13(2)6-8-15/h5-12,14H,4H2,1-3H3,(H,19,20)/t14-/m1/s1. The van der Waals surface area contributed by atoms with Crippen molar-refractivity contribution < 1.29 is 9.53 Å². The van der Waals surface area contributed by atoms with E-state index in [9.17, 15) is 4.79 Å². The molecule has 0 bridgehead atoms. The van der Waals surface area contributed by atoms with Gasteiger partial charge in [0, 0.05) is 5.56 Å². The lowest BCUT2D eigenvalue weighted by atomic mass is 10.1. The Hall–Kier alpha value is -2.29. The Morgan fingerprint density at radius 2 is 1.71 bits per heavy atom. The zero-order valence-electron chi connectivity index (χ0n) is 12.7. The lowest BCUT2D eigenvalue weighted by Gasteiger charge is -2.15. The molecule has 0 aromatic heterocycles. The largest absolute Gasteiger partial charge is 0.494 e. The highest BCUT2D eigenvalue weighted by atomic mass is 16.5. The van der Waals surface area contributed by atoms with Gasteiger partial charge in [-0.15, -0.1) is 0 Å². The summed E-state index contributed by atoms with van der Waals surface area (Å²) >= 11 is 0. The maximum Gasteiger partial charge on any atom is 0.251 e. The number of rotatable bonds is 5. The van der Waals surface area contributed by atoms with Gasteiger partial charge in [-0.3, -0.25) is 4.79 Å². The van der Waals surface area contributed by atoms with Gasteiger partial charge in [0.2, 0.25) is 0 Å². The average Bonchev–Trinajstić information content (AvgIpc) is 2.49. The number of hydrogen-bond donors (Lipinski definition) is 1. The van der Waals surface area contributed by atoms with Gasteiger partial charge in [-0.25, -0.2) is 0 Å². The summed E-state index contributed by atoms with van der Waals surface area (Å²) in [5.41, 5.74) is 2.95. The van der Waals surface area contributed by atoms with Crippen LogP contribution in [0.5, 0.6) is 5.75 Å². The summed E-state index contributed by atoms with van der Waals surface area (Å²) in [5.74, 6) is 0.701. The predicted octanol–water partition coefficient (Wildman–Crippen LogP) is 3.88. The molecule has 0 saturated carbocycles. The van der Waals surface area contributed by atoms with Crippen LogP contribution in [-0.2, 0) is 0 Å². The molecule has 0 saturated heterocycles. The van der Waals surface area contributed by atoms with Gasteiger partial charge in [0.15, 0.2) is 0 Å². The lowest BCUT2D eigenvalue weighted by Crippen LogP contribution is -2.26. The first-order chi connectivity index (χ1) is 10.1. The summed E-state index contributed by atoms with van der Waals surface area (Å²) in [6, 6.07) is 15.3. The monoisotopic (exact) mass is 283 g/mol. The van der Waals surface area contributed by atoms with E-state index in [2.05, 4.69) is 17.4 Å². The van der Waals surface area contributed by atoms with Crippen LogP contribution < -0.4 is 10.1 Å². The minimum absolute atomic E-state index is 0.0235. The van der Waals surface area contributed by atoms with Crippen molar-refractivity contribution in [3.8, 4) is 5.75 Å². The van der Waals surface area contributed by atoms with E-state index in [-0.39, 0.29) is 11.9 Å². The number of nitrogens with one attached hydrogen (secondary N) is 1. The fourth-order valence-corrected chi connectivity index (χ4v) is 2.09. The van der Waals surface area contributed by atoms with Gasteiger partial charge in [0.25, 0.3) is 5.91 Å². The zero-order valence-corrected chi connectivity index (χ0v) is 12.7. The van der Waals surface area contributed by atoms with Crippen molar-refractivity contribution in [2.75, 3.05) is 6.61 Å². The summed E-state index contributed by atoms with van der Waals surface area (Å²) in [7, 11) is 0. The van der Waals surface area contributed by atoms with E-state index in [0.29, 0.717) is 12.2 Å². The molecule has 1 amide bonds. The summed E-state index contributed by atoms with van der Waals surface area (Å²) in [5, 5.41) is 3.00. The third kappa shape index (κ3) is 4.09. The van der Waals surface area contributed by atoms with Gasteiger partial charge < -0.3 is 10.1 Å². The van der Waals surface area contributed by atoms with Crippen molar-refractivity contribution in [1.29, 1.82) is 0 Å². The second-order valence-electron chi connectivity index (χ2n) is 5.06. The average molecular weight is 283 g/mol. The minimum Gasteiger partial charge on any atom is -0.494 e. The van der Waals surface area contributed by atoms with Crippen LogP contribution in [0.1, 0.15) is 41.4 Å². The van der Waals surface area contributed by atoms with Crippen LogP contribution >= 0.6 is 0 Å². The molecule has 0 unspecified atom stereocenters. The van der Waals surface area contributed by atoms with Crippen LogP contribution in [0.3, 0.4) is 0 Å². The van der Waals surface area contributed by atoms with Crippen molar-refractivity contribution in [3.63, 3.8) is 0 Å². The van der Waals surface area contributed by atoms with Gasteiger partial charge >= 0.3 is 0 Å². The first kappa shape index (κ1) is 15.1. The van der Waals surface area contributed by atoms with Gasteiger partial charge in [-0.2, -0.15) is 0 Å². The third-order valence-electron chi connectivity index (χ3n) is 3.35. The summed E-state index contributed by atoms with van der Waals surface area (Å²) < 4.78 is 5.37. The Morgan fingerprint density at radius 3 is 2.29 bits per heavy atom. The molecule has 21 heavy (non-hydrogen) atoms. The third-order valence-corrected chi connectivity index (χ3v) is 3.35. The van der Waals surface area contributed by atoms with E-state index >= 15 is 0 Å². The zero-order chi connectivity index (χ0) is 15.2. The van der Waals surface area contributed by atoms with E-state index in [1.807, 2.05) is 45.0 Å². The molecular weight excluding hydrogens is 262 g/mol. The first-order valence-electron chi connectivity index (χ1n) is 7.20. The molecular formula is C18H21NO2. The maximum absolute atomic E-state index is 12.2. The van der Waals surface area contributed by atoms with Crippen LogP contribution in [0.25, 0.3) is 0 Å². The molecule has 2 rings (SSSR count). The molecule has 0 aliphatic carbocycles. The summed E-state index contributed by atoms with van der Waals surface area (Å²) in [6.45, 7) is 6.59. The van der Waals surface area contributed by atoms with Crippen LogP contribution in [-0.4, -0.2) is 12.5 Å². The number of hydrogen-bond acceptors (Lipinski definition) is 2. The quantitative estimate of drug-likeness (QED) is 0.904. The highest BCUT2D eigenvalue weighted by Gasteiger charge is 2.11. The van der Waals surface area contributed by atoms with E-state index in [1.54, 1.807) is 12.1 Å². The Balaban J connectivity index is 2.01. The fourth-order valence-electron chi connectivity index (χ4n) is 2.09. The van der Waals surface area contributed by atoms with Crippen molar-refractivity contribution in [2.24, 2.45) is 0 Å². The number of aryl methyl sites for hydroxylation is 1.